The molecule has 1 rings (SSSR count). The van der Waals surface area contributed by atoms with Gasteiger partial charge in [0, 0.05) is 19.5 Å². The number of para-hydroxylation sites is 1. The third-order valence-corrected chi connectivity index (χ3v) is 2.68. The monoisotopic (exact) mass is 322 g/mol. The van der Waals surface area contributed by atoms with Crippen molar-refractivity contribution in [3.05, 3.63) is 30.3 Å². The first kappa shape index (κ1) is 18.8. The molecule has 0 aliphatic carbocycles. The molecule has 0 heterocycles. The summed E-state index contributed by atoms with van der Waals surface area (Å²) in [6, 6.07) is 9.48. The van der Waals surface area contributed by atoms with Crippen LogP contribution in [0, 0.1) is 0 Å². The van der Waals surface area contributed by atoms with Gasteiger partial charge >= 0.3 is 6.09 Å². The van der Waals surface area contributed by atoms with Crippen LogP contribution in [0.4, 0.5) is 4.79 Å². The van der Waals surface area contributed by atoms with Crippen LogP contribution in [0.1, 0.15) is 33.6 Å². The Hall–Kier alpha value is -2.24. The van der Waals surface area contributed by atoms with E-state index in [1.165, 1.54) is 0 Å². The topological polar surface area (TPSA) is 76.7 Å². The minimum atomic E-state index is -0.522. The summed E-state index contributed by atoms with van der Waals surface area (Å²) in [5, 5.41) is 5.32. The van der Waals surface area contributed by atoms with E-state index in [1.807, 2.05) is 30.3 Å². The van der Waals surface area contributed by atoms with Crippen LogP contribution in [-0.2, 0) is 9.53 Å². The van der Waals surface area contributed by atoms with E-state index < -0.39 is 11.7 Å². The second-order valence-corrected chi connectivity index (χ2v) is 6.04. The van der Waals surface area contributed by atoms with Crippen molar-refractivity contribution < 1.29 is 19.1 Å². The lowest BCUT2D eigenvalue weighted by atomic mass is 10.2. The Balaban J connectivity index is 2.01. The van der Waals surface area contributed by atoms with Gasteiger partial charge in [-0.25, -0.2) is 4.79 Å². The maximum Gasteiger partial charge on any atom is 0.407 e. The number of ether oxygens (including phenoxy) is 2. The summed E-state index contributed by atoms with van der Waals surface area (Å²) in [4.78, 5) is 23.0. The van der Waals surface area contributed by atoms with Crippen LogP contribution >= 0.6 is 0 Å². The molecule has 0 aliphatic heterocycles. The number of nitrogens with one attached hydrogen (secondary N) is 2. The zero-order chi connectivity index (χ0) is 17.1. The van der Waals surface area contributed by atoms with Gasteiger partial charge in [-0.3, -0.25) is 4.79 Å². The highest BCUT2D eigenvalue weighted by Gasteiger charge is 2.15. The number of hydrogen-bond acceptors (Lipinski definition) is 4. The molecule has 0 radical (unpaired) electrons. The Bertz CT molecular complexity index is 483. The number of amides is 2. The molecule has 6 heteroatoms. The number of carbonyl (C=O) groups is 2. The molecular formula is C17H26N2O4. The molecule has 1 aromatic carbocycles. The van der Waals surface area contributed by atoms with Crippen molar-refractivity contribution in [1.82, 2.24) is 10.6 Å². The Morgan fingerprint density at radius 3 is 2.35 bits per heavy atom. The zero-order valence-electron chi connectivity index (χ0n) is 14.1. The first-order chi connectivity index (χ1) is 10.9. The molecule has 0 unspecified atom stereocenters. The highest BCUT2D eigenvalue weighted by Crippen LogP contribution is 2.08. The minimum Gasteiger partial charge on any atom is -0.494 e. The van der Waals surface area contributed by atoms with Gasteiger partial charge in [-0.05, 0) is 39.3 Å². The molecule has 0 saturated heterocycles. The molecule has 1 aromatic rings. The van der Waals surface area contributed by atoms with E-state index in [-0.39, 0.29) is 5.91 Å². The second-order valence-electron chi connectivity index (χ2n) is 6.04. The van der Waals surface area contributed by atoms with Crippen molar-refractivity contribution in [1.29, 1.82) is 0 Å². The molecule has 0 aliphatic rings. The smallest absolute Gasteiger partial charge is 0.407 e. The third-order valence-electron chi connectivity index (χ3n) is 2.68. The van der Waals surface area contributed by atoms with Gasteiger partial charge in [0.25, 0.3) is 0 Å². The van der Waals surface area contributed by atoms with Gasteiger partial charge in [-0.1, -0.05) is 18.2 Å². The highest BCUT2D eigenvalue weighted by molar-refractivity contribution is 5.75. The quantitative estimate of drug-likeness (QED) is 0.721. The standard InChI is InChI=1S/C17H26N2O4/c1-17(2,3)23-16(21)19-12-11-18-15(20)10-7-13-22-14-8-5-4-6-9-14/h4-6,8-9H,7,10-13H2,1-3H3,(H,18,20)(H,19,21). The van der Waals surface area contributed by atoms with Crippen molar-refractivity contribution >= 4 is 12.0 Å². The second kappa shape index (κ2) is 9.71. The fourth-order valence-electron chi connectivity index (χ4n) is 1.71. The van der Waals surface area contributed by atoms with Crippen LogP contribution in [0.15, 0.2) is 30.3 Å². The molecule has 6 nitrogen and oxygen atoms in total. The maximum atomic E-state index is 11.6. The highest BCUT2D eigenvalue weighted by atomic mass is 16.6. The lowest BCUT2D eigenvalue weighted by molar-refractivity contribution is -0.121. The number of benzene rings is 1. The summed E-state index contributed by atoms with van der Waals surface area (Å²) in [5.41, 5.74) is -0.522. The number of hydrogen-bond donors (Lipinski definition) is 2. The summed E-state index contributed by atoms with van der Waals surface area (Å²) in [7, 11) is 0. The van der Waals surface area contributed by atoms with E-state index >= 15 is 0 Å². The zero-order valence-corrected chi connectivity index (χ0v) is 14.1. The van der Waals surface area contributed by atoms with Gasteiger partial charge in [0.2, 0.25) is 5.91 Å². The van der Waals surface area contributed by atoms with E-state index in [9.17, 15) is 9.59 Å². The summed E-state index contributed by atoms with van der Waals surface area (Å²) in [6.45, 7) is 6.59. The third kappa shape index (κ3) is 10.2. The van der Waals surface area contributed by atoms with E-state index in [1.54, 1.807) is 20.8 Å². The Morgan fingerprint density at radius 2 is 1.70 bits per heavy atom. The van der Waals surface area contributed by atoms with E-state index in [4.69, 9.17) is 9.47 Å². The van der Waals surface area contributed by atoms with Gasteiger partial charge in [0.1, 0.15) is 11.4 Å². The number of alkyl carbamates (subject to hydrolysis) is 1. The van der Waals surface area contributed by atoms with Crippen molar-refractivity contribution in [2.75, 3.05) is 19.7 Å². The predicted octanol–water partition coefficient (Wildman–Crippen LogP) is 2.49. The van der Waals surface area contributed by atoms with Crippen LogP contribution in [0.25, 0.3) is 0 Å². The van der Waals surface area contributed by atoms with Crippen molar-refractivity contribution in [3.63, 3.8) is 0 Å². The average molecular weight is 322 g/mol. The van der Waals surface area contributed by atoms with Crippen LogP contribution < -0.4 is 15.4 Å². The molecule has 128 valence electrons. The molecule has 0 aromatic heterocycles. The SMILES string of the molecule is CC(C)(C)OC(=O)NCCNC(=O)CCCOc1ccccc1. The molecule has 0 atom stereocenters. The number of carbonyl (C=O) groups excluding carboxylic acids is 2. The molecule has 23 heavy (non-hydrogen) atoms. The van der Waals surface area contributed by atoms with E-state index in [2.05, 4.69) is 10.6 Å². The Labute approximate surface area is 137 Å². The molecule has 2 N–H and O–H groups in total. The maximum absolute atomic E-state index is 11.6. The van der Waals surface area contributed by atoms with E-state index in [0.29, 0.717) is 32.5 Å². The molecule has 0 saturated carbocycles. The first-order valence-electron chi connectivity index (χ1n) is 7.78. The van der Waals surface area contributed by atoms with Crippen LogP contribution in [0.3, 0.4) is 0 Å². The van der Waals surface area contributed by atoms with Gasteiger partial charge in [0.05, 0.1) is 6.61 Å². The minimum absolute atomic E-state index is 0.0624. The first-order valence-corrected chi connectivity index (χ1v) is 7.78. The predicted molar refractivity (Wildman–Crippen MR) is 88.4 cm³/mol. The largest absolute Gasteiger partial charge is 0.494 e. The summed E-state index contributed by atoms with van der Waals surface area (Å²) in [5.74, 6) is 0.738. The Kier molecular flexibility index (Phi) is 7.94. The van der Waals surface area contributed by atoms with E-state index in [0.717, 1.165) is 5.75 Å². The summed E-state index contributed by atoms with van der Waals surface area (Å²) >= 11 is 0. The fourth-order valence-corrected chi connectivity index (χ4v) is 1.71. The van der Waals surface area contributed by atoms with Gasteiger partial charge in [-0.15, -0.1) is 0 Å². The summed E-state index contributed by atoms with van der Waals surface area (Å²) < 4.78 is 10.6. The normalized spacial score (nSPS) is 10.7. The lowest BCUT2D eigenvalue weighted by Gasteiger charge is -2.19. The van der Waals surface area contributed by atoms with Gasteiger partial charge in [0.15, 0.2) is 0 Å². The van der Waals surface area contributed by atoms with Crippen molar-refractivity contribution in [2.24, 2.45) is 0 Å². The van der Waals surface area contributed by atoms with Crippen LogP contribution in [0.5, 0.6) is 5.75 Å². The average Bonchev–Trinajstić information content (AvgIpc) is 2.47. The van der Waals surface area contributed by atoms with Crippen molar-refractivity contribution in [2.45, 2.75) is 39.2 Å². The van der Waals surface area contributed by atoms with Crippen molar-refractivity contribution in [3.8, 4) is 5.75 Å². The molecule has 0 bridgehead atoms. The number of rotatable bonds is 8. The molecule has 0 spiro atoms. The molecular weight excluding hydrogens is 296 g/mol. The fraction of sp³-hybridized carbons (Fsp3) is 0.529. The van der Waals surface area contributed by atoms with Crippen LogP contribution in [-0.4, -0.2) is 37.3 Å². The molecule has 0 fully saturated rings. The summed E-state index contributed by atoms with van der Waals surface area (Å²) in [6.07, 6.45) is 0.544. The Morgan fingerprint density at radius 1 is 1.04 bits per heavy atom. The van der Waals surface area contributed by atoms with Gasteiger partial charge < -0.3 is 20.1 Å². The van der Waals surface area contributed by atoms with Gasteiger partial charge in [-0.2, -0.15) is 0 Å². The van der Waals surface area contributed by atoms with Crippen LogP contribution in [0.2, 0.25) is 0 Å². The molecule has 2 amide bonds. The lowest BCUT2D eigenvalue weighted by Crippen LogP contribution is -2.37.